The molecule has 6 nitrogen and oxygen atoms in total. The van der Waals surface area contributed by atoms with Crippen LogP contribution in [0.15, 0.2) is 67.3 Å². The molecule has 2 heterocycles. The predicted octanol–water partition coefficient (Wildman–Crippen LogP) is 5.22. The van der Waals surface area contributed by atoms with Crippen molar-refractivity contribution in [3.05, 3.63) is 99.7 Å². The lowest BCUT2D eigenvalue weighted by molar-refractivity contribution is 0.0953. The Morgan fingerprint density at radius 1 is 1.16 bits per heavy atom. The number of amides is 2. The molecule has 162 valence electrons. The lowest BCUT2D eigenvalue weighted by atomic mass is 10.2. The fourth-order valence-electron chi connectivity index (χ4n) is 3.13. The van der Waals surface area contributed by atoms with Gasteiger partial charge in [0.2, 0.25) is 0 Å². The van der Waals surface area contributed by atoms with Crippen LogP contribution >= 0.6 is 22.9 Å². The maximum Gasteiger partial charge on any atom is 0.261 e. The molecule has 2 aromatic heterocycles. The molecule has 32 heavy (non-hydrogen) atoms. The molecule has 2 amide bonds. The average molecular weight is 469 g/mol. The first-order valence-corrected chi connectivity index (χ1v) is 10.8. The molecule has 0 aliphatic carbocycles. The first kappa shape index (κ1) is 21.7. The van der Waals surface area contributed by atoms with Crippen molar-refractivity contribution in [2.45, 2.75) is 13.5 Å². The van der Waals surface area contributed by atoms with Crippen LogP contribution in [0.4, 0.5) is 9.39 Å². The SMILES string of the molecule is Cc1cc(NC(=O)c2ccccc2Cl)sc1C(=O)NCc1ccc(-n2ccnc2)c(F)c1. The Bertz CT molecular complexity index is 1290. The van der Waals surface area contributed by atoms with E-state index in [-0.39, 0.29) is 18.4 Å². The molecule has 0 aliphatic heterocycles. The van der Waals surface area contributed by atoms with Crippen LogP contribution in [-0.4, -0.2) is 21.4 Å². The summed E-state index contributed by atoms with van der Waals surface area (Å²) < 4.78 is 16.0. The Balaban J connectivity index is 1.41. The maximum absolute atomic E-state index is 14.4. The van der Waals surface area contributed by atoms with Crippen LogP contribution in [0.5, 0.6) is 0 Å². The lowest BCUT2D eigenvalue weighted by Gasteiger charge is -2.08. The summed E-state index contributed by atoms with van der Waals surface area (Å²) in [4.78, 5) is 29.5. The van der Waals surface area contributed by atoms with Gasteiger partial charge in [0.25, 0.3) is 11.8 Å². The third-order valence-corrected chi connectivity index (χ3v) is 6.21. The summed E-state index contributed by atoms with van der Waals surface area (Å²) in [6.45, 7) is 1.95. The van der Waals surface area contributed by atoms with Gasteiger partial charge in [0, 0.05) is 18.9 Å². The van der Waals surface area contributed by atoms with Crippen molar-refractivity contribution in [2.75, 3.05) is 5.32 Å². The molecule has 0 unspecified atom stereocenters. The monoisotopic (exact) mass is 468 g/mol. The molecule has 0 saturated heterocycles. The Kier molecular flexibility index (Phi) is 6.34. The molecule has 0 spiro atoms. The number of nitrogens with zero attached hydrogens (tertiary/aromatic N) is 2. The molecule has 2 N–H and O–H groups in total. The lowest BCUT2D eigenvalue weighted by Crippen LogP contribution is -2.22. The van der Waals surface area contributed by atoms with Crippen molar-refractivity contribution in [1.82, 2.24) is 14.9 Å². The molecule has 0 saturated carbocycles. The number of aryl methyl sites for hydroxylation is 1. The zero-order valence-corrected chi connectivity index (χ0v) is 18.5. The van der Waals surface area contributed by atoms with E-state index in [0.29, 0.717) is 31.7 Å². The molecular weight excluding hydrogens is 451 g/mol. The standard InChI is InChI=1S/C23H18ClFN4O2S/c1-14-10-20(28-22(30)16-4-2-3-5-17(16)24)32-21(14)23(31)27-12-15-6-7-19(18(25)11-15)29-9-8-26-13-29/h2-11,13H,12H2,1H3,(H,27,31)(H,28,30). The smallest absolute Gasteiger partial charge is 0.261 e. The number of aromatic nitrogens is 2. The van der Waals surface area contributed by atoms with Crippen LogP contribution in [-0.2, 0) is 6.54 Å². The predicted molar refractivity (Wildman–Crippen MR) is 123 cm³/mol. The van der Waals surface area contributed by atoms with E-state index in [1.54, 1.807) is 66.3 Å². The second-order valence-electron chi connectivity index (χ2n) is 7.00. The number of hydrogen-bond donors (Lipinski definition) is 2. The number of thiophene rings is 1. The highest BCUT2D eigenvalue weighted by atomic mass is 35.5. The van der Waals surface area contributed by atoms with Crippen LogP contribution in [0, 0.1) is 12.7 Å². The summed E-state index contributed by atoms with van der Waals surface area (Å²) in [6.07, 6.45) is 4.74. The van der Waals surface area contributed by atoms with Crippen LogP contribution < -0.4 is 10.6 Å². The quantitative estimate of drug-likeness (QED) is 0.407. The van der Waals surface area contributed by atoms with Gasteiger partial charge in [0.15, 0.2) is 0 Å². The van der Waals surface area contributed by atoms with Crippen LogP contribution in [0.3, 0.4) is 0 Å². The van der Waals surface area contributed by atoms with E-state index >= 15 is 0 Å². The van der Waals surface area contributed by atoms with Crippen molar-refractivity contribution in [3.8, 4) is 5.69 Å². The van der Waals surface area contributed by atoms with Gasteiger partial charge in [-0.3, -0.25) is 9.59 Å². The van der Waals surface area contributed by atoms with Gasteiger partial charge in [-0.2, -0.15) is 0 Å². The van der Waals surface area contributed by atoms with Gasteiger partial charge in [0.1, 0.15) is 5.82 Å². The maximum atomic E-state index is 14.4. The molecule has 9 heteroatoms. The van der Waals surface area contributed by atoms with E-state index in [1.165, 1.54) is 12.4 Å². The van der Waals surface area contributed by atoms with Gasteiger partial charge in [-0.05, 0) is 48.4 Å². The zero-order valence-electron chi connectivity index (χ0n) is 16.9. The number of rotatable bonds is 6. The molecule has 0 radical (unpaired) electrons. The highest BCUT2D eigenvalue weighted by Gasteiger charge is 2.17. The number of carbonyl (C=O) groups is 2. The third kappa shape index (κ3) is 4.71. The first-order chi connectivity index (χ1) is 15.4. The van der Waals surface area contributed by atoms with Gasteiger partial charge >= 0.3 is 0 Å². The number of nitrogens with one attached hydrogen (secondary N) is 2. The molecule has 0 fully saturated rings. The molecule has 0 aliphatic rings. The number of benzene rings is 2. The highest BCUT2D eigenvalue weighted by Crippen LogP contribution is 2.28. The van der Waals surface area contributed by atoms with Gasteiger partial charge in [-0.15, -0.1) is 11.3 Å². The van der Waals surface area contributed by atoms with Crippen LogP contribution in [0.2, 0.25) is 5.02 Å². The molecule has 0 atom stereocenters. The largest absolute Gasteiger partial charge is 0.347 e. The van der Waals surface area contributed by atoms with Gasteiger partial charge in [0.05, 0.1) is 32.5 Å². The fourth-order valence-corrected chi connectivity index (χ4v) is 4.33. The van der Waals surface area contributed by atoms with Crippen LogP contribution in [0.1, 0.15) is 31.2 Å². The summed E-state index contributed by atoms with van der Waals surface area (Å²) in [5.41, 5.74) is 2.09. The summed E-state index contributed by atoms with van der Waals surface area (Å²) in [7, 11) is 0. The van der Waals surface area contributed by atoms with E-state index in [4.69, 9.17) is 11.6 Å². The molecule has 0 bridgehead atoms. The summed E-state index contributed by atoms with van der Waals surface area (Å²) in [5.74, 6) is -1.06. The van der Waals surface area contributed by atoms with E-state index in [0.717, 1.165) is 16.9 Å². The zero-order chi connectivity index (χ0) is 22.7. The summed E-state index contributed by atoms with van der Waals surface area (Å²) in [6, 6.07) is 13.2. The van der Waals surface area contributed by atoms with Crippen molar-refractivity contribution < 1.29 is 14.0 Å². The van der Waals surface area contributed by atoms with Crippen molar-refractivity contribution >= 4 is 39.8 Å². The molecule has 2 aromatic carbocycles. The van der Waals surface area contributed by atoms with Crippen molar-refractivity contribution in [1.29, 1.82) is 0 Å². The molecule has 4 aromatic rings. The fraction of sp³-hybridized carbons (Fsp3) is 0.0870. The van der Waals surface area contributed by atoms with Crippen molar-refractivity contribution in [3.63, 3.8) is 0 Å². The Morgan fingerprint density at radius 2 is 1.97 bits per heavy atom. The van der Waals surface area contributed by atoms with E-state index in [2.05, 4.69) is 15.6 Å². The minimum absolute atomic E-state index is 0.165. The number of carbonyl (C=O) groups excluding carboxylic acids is 2. The highest BCUT2D eigenvalue weighted by molar-refractivity contribution is 7.18. The van der Waals surface area contributed by atoms with E-state index in [1.807, 2.05) is 0 Å². The number of hydrogen-bond acceptors (Lipinski definition) is 4. The molecule has 4 rings (SSSR count). The topological polar surface area (TPSA) is 76.0 Å². The Labute approximate surface area is 192 Å². The van der Waals surface area contributed by atoms with Gasteiger partial charge in [-0.25, -0.2) is 9.37 Å². The van der Waals surface area contributed by atoms with Crippen LogP contribution in [0.25, 0.3) is 5.69 Å². The molecular formula is C23H18ClFN4O2S. The number of imidazole rings is 1. The second kappa shape index (κ2) is 9.33. The Hall–Kier alpha value is -3.49. The Morgan fingerprint density at radius 3 is 2.69 bits per heavy atom. The average Bonchev–Trinajstić information content (AvgIpc) is 3.42. The van der Waals surface area contributed by atoms with E-state index < -0.39 is 5.82 Å². The van der Waals surface area contributed by atoms with E-state index in [9.17, 15) is 14.0 Å². The van der Waals surface area contributed by atoms with Crippen molar-refractivity contribution in [2.24, 2.45) is 0 Å². The number of anilines is 1. The second-order valence-corrected chi connectivity index (χ2v) is 8.45. The first-order valence-electron chi connectivity index (χ1n) is 9.63. The third-order valence-electron chi connectivity index (χ3n) is 4.73. The summed E-state index contributed by atoms with van der Waals surface area (Å²) in [5, 5.41) is 6.46. The van der Waals surface area contributed by atoms with Gasteiger partial charge < -0.3 is 15.2 Å². The summed E-state index contributed by atoms with van der Waals surface area (Å²) >= 11 is 7.23. The minimum Gasteiger partial charge on any atom is -0.347 e. The normalized spacial score (nSPS) is 10.7. The minimum atomic E-state index is -0.411. The number of halogens is 2. The van der Waals surface area contributed by atoms with Gasteiger partial charge in [-0.1, -0.05) is 29.8 Å².